The highest BCUT2D eigenvalue weighted by atomic mass is 16.4. The summed E-state index contributed by atoms with van der Waals surface area (Å²) < 4.78 is 0. The summed E-state index contributed by atoms with van der Waals surface area (Å²) in [7, 11) is 0. The summed E-state index contributed by atoms with van der Waals surface area (Å²) in [4.78, 5) is 24.6. The molecule has 4 nitrogen and oxygen atoms in total. The van der Waals surface area contributed by atoms with Crippen molar-refractivity contribution < 1.29 is 14.7 Å². The Morgan fingerprint density at radius 1 is 1.22 bits per heavy atom. The molecule has 0 radical (unpaired) electrons. The SMILES string of the molecule is O=C(O)CCN(C(=O)C1CCC1)c1ccccc1. The van der Waals surface area contributed by atoms with E-state index in [1.54, 1.807) is 4.90 Å². The highest BCUT2D eigenvalue weighted by Gasteiger charge is 2.30. The van der Waals surface area contributed by atoms with Crippen LogP contribution in [0.1, 0.15) is 25.7 Å². The largest absolute Gasteiger partial charge is 0.481 e. The summed E-state index contributed by atoms with van der Waals surface area (Å²) in [6, 6.07) is 9.29. The summed E-state index contributed by atoms with van der Waals surface area (Å²) >= 11 is 0. The third-order valence-electron chi connectivity index (χ3n) is 3.34. The van der Waals surface area contributed by atoms with E-state index < -0.39 is 5.97 Å². The second-order valence-corrected chi connectivity index (χ2v) is 4.60. The minimum Gasteiger partial charge on any atom is -0.481 e. The number of anilines is 1. The molecular formula is C14H17NO3. The number of nitrogens with zero attached hydrogens (tertiary/aromatic N) is 1. The van der Waals surface area contributed by atoms with Crippen LogP contribution in [0.25, 0.3) is 0 Å². The fourth-order valence-electron chi connectivity index (χ4n) is 2.06. The number of para-hydroxylation sites is 1. The minimum atomic E-state index is -0.877. The molecule has 0 saturated heterocycles. The molecule has 18 heavy (non-hydrogen) atoms. The minimum absolute atomic E-state index is 0.0205. The first-order chi connectivity index (χ1) is 8.68. The molecule has 1 aromatic carbocycles. The Bertz CT molecular complexity index is 426. The number of carboxylic acid groups (broad SMARTS) is 1. The van der Waals surface area contributed by atoms with Crippen LogP contribution in [0, 0.1) is 5.92 Å². The quantitative estimate of drug-likeness (QED) is 0.868. The Hall–Kier alpha value is -1.84. The van der Waals surface area contributed by atoms with Crippen LogP contribution in [0.3, 0.4) is 0 Å². The van der Waals surface area contributed by atoms with Gasteiger partial charge in [0.25, 0.3) is 0 Å². The Morgan fingerprint density at radius 2 is 1.89 bits per heavy atom. The summed E-state index contributed by atoms with van der Waals surface area (Å²) in [5.74, 6) is -0.731. The molecule has 1 aliphatic rings. The first-order valence-electron chi connectivity index (χ1n) is 6.26. The van der Waals surface area contributed by atoms with Gasteiger partial charge in [0, 0.05) is 18.2 Å². The molecule has 0 aliphatic heterocycles. The van der Waals surface area contributed by atoms with E-state index in [1.165, 1.54) is 0 Å². The van der Waals surface area contributed by atoms with E-state index in [2.05, 4.69) is 0 Å². The Balaban J connectivity index is 2.11. The van der Waals surface area contributed by atoms with Crippen molar-refractivity contribution in [3.63, 3.8) is 0 Å². The van der Waals surface area contributed by atoms with Crippen LogP contribution in [-0.4, -0.2) is 23.5 Å². The molecule has 2 rings (SSSR count). The molecule has 96 valence electrons. The summed E-state index contributed by atoms with van der Waals surface area (Å²) in [6.07, 6.45) is 2.93. The summed E-state index contributed by atoms with van der Waals surface area (Å²) in [5.41, 5.74) is 0.788. The smallest absolute Gasteiger partial charge is 0.305 e. The Morgan fingerprint density at radius 3 is 2.39 bits per heavy atom. The third-order valence-corrected chi connectivity index (χ3v) is 3.34. The molecule has 0 aromatic heterocycles. The van der Waals surface area contributed by atoms with Gasteiger partial charge in [0.05, 0.1) is 6.42 Å². The highest BCUT2D eigenvalue weighted by molar-refractivity contribution is 5.95. The van der Waals surface area contributed by atoms with Gasteiger partial charge >= 0.3 is 5.97 Å². The maximum atomic E-state index is 12.3. The molecule has 1 aromatic rings. The topological polar surface area (TPSA) is 57.6 Å². The molecule has 1 N–H and O–H groups in total. The van der Waals surface area contributed by atoms with Crippen molar-refractivity contribution >= 4 is 17.6 Å². The second kappa shape index (κ2) is 5.67. The van der Waals surface area contributed by atoms with Crippen LogP contribution in [-0.2, 0) is 9.59 Å². The van der Waals surface area contributed by atoms with Gasteiger partial charge in [-0.1, -0.05) is 24.6 Å². The predicted octanol–water partition coefficient (Wildman–Crippen LogP) is 2.29. The maximum absolute atomic E-state index is 12.3. The molecule has 1 aliphatic carbocycles. The molecular weight excluding hydrogens is 230 g/mol. The van der Waals surface area contributed by atoms with Gasteiger partial charge in [-0.3, -0.25) is 9.59 Å². The zero-order valence-corrected chi connectivity index (χ0v) is 10.2. The first kappa shape index (κ1) is 12.6. The van der Waals surface area contributed by atoms with Gasteiger partial charge in [-0.25, -0.2) is 0 Å². The molecule has 0 atom stereocenters. The van der Waals surface area contributed by atoms with Crippen LogP contribution < -0.4 is 4.90 Å². The van der Waals surface area contributed by atoms with E-state index in [0.29, 0.717) is 0 Å². The van der Waals surface area contributed by atoms with Crippen molar-refractivity contribution in [1.29, 1.82) is 0 Å². The number of carbonyl (C=O) groups is 2. The number of hydrogen-bond donors (Lipinski definition) is 1. The molecule has 0 unspecified atom stereocenters. The monoisotopic (exact) mass is 247 g/mol. The zero-order chi connectivity index (χ0) is 13.0. The average molecular weight is 247 g/mol. The molecule has 1 fully saturated rings. The number of aliphatic carboxylic acids is 1. The number of rotatable bonds is 5. The van der Waals surface area contributed by atoms with Crippen LogP contribution in [0.5, 0.6) is 0 Å². The van der Waals surface area contributed by atoms with Crippen molar-refractivity contribution in [2.24, 2.45) is 5.92 Å². The van der Waals surface area contributed by atoms with Gasteiger partial charge in [0.1, 0.15) is 0 Å². The molecule has 1 amide bonds. The van der Waals surface area contributed by atoms with E-state index in [0.717, 1.165) is 24.9 Å². The molecule has 4 heteroatoms. The standard InChI is InChI=1S/C14H17NO3/c16-13(17)9-10-15(12-7-2-1-3-8-12)14(18)11-5-4-6-11/h1-3,7-8,11H,4-6,9-10H2,(H,16,17). The fourth-order valence-corrected chi connectivity index (χ4v) is 2.06. The molecule has 0 bridgehead atoms. The van der Waals surface area contributed by atoms with E-state index in [9.17, 15) is 9.59 Å². The lowest BCUT2D eigenvalue weighted by Crippen LogP contribution is -2.40. The number of carbonyl (C=O) groups excluding carboxylic acids is 1. The lowest BCUT2D eigenvalue weighted by Gasteiger charge is -2.31. The number of amides is 1. The second-order valence-electron chi connectivity index (χ2n) is 4.60. The summed E-state index contributed by atoms with van der Waals surface area (Å²) in [5, 5.41) is 8.76. The Kier molecular flexibility index (Phi) is 3.97. The van der Waals surface area contributed by atoms with Crippen molar-refractivity contribution in [2.45, 2.75) is 25.7 Å². The predicted molar refractivity (Wildman–Crippen MR) is 68.4 cm³/mol. The third kappa shape index (κ3) is 2.88. The zero-order valence-electron chi connectivity index (χ0n) is 10.2. The van der Waals surface area contributed by atoms with Gasteiger partial charge < -0.3 is 10.0 Å². The van der Waals surface area contributed by atoms with Crippen molar-refractivity contribution in [3.8, 4) is 0 Å². The number of hydrogen-bond acceptors (Lipinski definition) is 2. The van der Waals surface area contributed by atoms with Crippen molar-refractivity contribution in [1.82, 2.24) is 0 Å². The van der Waals surface area contributed by atoms with Gasteiger partial charge in [0.15, 0.2) is 0 Å². The molecule has 0 spiro atoms. The first-order valence-corrected chi connectivity index (χ1v) is 6.26. The van der Waals surface area contributed by atoms with Crippen LogP contribution in [0.15, 0.2) is 30.3 Å². The van der Waals surface area contributed by atoms with Gasteiger partial charge in [0.2, 0.25) is 5.91 Å². The highest BCUT2D eigenvalue weighted by Crippen LogP contribution is 2.30. The maximum Gasteiger partial charge on any atom is 0.305 e. The van der Waals surface area contributed by atoms with Gasteiger partial charge in [-0.2, -0.15) is 0 Å². The normalized spacial score (nSPS) is 14.9. The van der Waals surface area contributed by atoms with E-state index in [4.69, 9.17) is 5.11 Å². The average Bonchev–Trinajstić information content (AvgIpc) is 2.28. The Labute approximate surface area is 106 Å². The molecule has 0 heterocycles. The fraction of sp³-hybridized carbons (Fsp3) is 0.429. The van der Waals surface area contributed by atoms with Crippen LogP contribution >= 0.6 is 0 Å². The number of benzene rings is 1. The lowest BCUT2D eigenvalue weighted by atomic mass is 9.84. The lowest BCUT2D eigenvalue weighted by molar-refractivity contribution is -0.136. The van der Waals surface area contributed by atoms with Crippen molar-refractivity contribution in [3.05, 3.63) is 30.3 Å². The van der Waals surface area contributed by atoms with Crippen LogP contribution in [0.4, 0.5) is 5.69 Å². The van der Waals surface area contributed by atoms with Gasteiger partial charge in [-0.15, -0.1) is 0 Å². The number of carboxylic acids is 1. The van der Waals surface area contributed by atoms with E-state index >= 15 is 0 Å². The van der Waals surface area contributed by atoms with Crippen LogP contribution in [0.2, 0.25) is 0 Å². The van der Waals surface area contributed by atoms with Crippen molar-refractivity contribution in [2.75, 3.05) is 11.4 Å². The molecule has 1 saturated carbocycles. The summed E-state index contributed by atoms with van der Waals surface area (Å²) in [6.45, 7) is 0.245. The van der Waals surface area contributed by atoms with E-state index in [-0.39, 0.29) is 24.8 Å². The van der Waals surface area contributed by atoms with E-state index in [1.807, 2.05) is 30.3 Å². The van der Waals surface area contributed by atoms with Gasteiger partial charge in [-0.05, 0) is 25.0 Å².